The zero-order chi connectivity index (χ0) is 13.4. The first-order chi connectivity index (χ1) is 7.90. The summed E-state index contributed by atoms with van der Waals surface area (Å²) in [4.78, 5) is 22.9. The highest BCUT2D eigenvalue weighted by Gasteiger charge is 2.18. The van der Waals surface area contributed by atoms with E-state index in [1.807, 2.05) is 13.8 Å². The lowest BCUT2D eigenvalue weighted by atomic mass is 9.89. The van der Waals surface area contributed by atoms with Crippen LogP contribution in [0.3, 0.4) is 0 Å². The Morgan fingerprint density at radius 2 is 1.88 bits per heavy atom. The average Bonchev–Trinajstić information content (AvgIpc) is 2.28. The van der Waals surface area contributed by atoms with Crippen LogP contribution in [0.5, 0.6) is 0 Å². The van der Waals surface area contributed by atoms with Gasteiger partial charge in [-0.1, -0.05) is 37.3 Å². The zero-order valence-electron chi connectivity index (χ0n) is 11.6. The van der Waals surface area contributed by atoms with Crippen molar-refractivity contribution in [2.24, 2.45) is 11.8 Å². The van der Waals surface area contributed by atoms with E-state index < -0.39 is 0 Å². The molecular weight excluding hydrogens is 232 g/mol. The van der Waals surface area contributed by atoms with Crippen molar-refractivity contribution in [1.82, 2.24) is 0 Å². The molecule has 2 nitrogen and oxygen atoms in total. The van der Waals surface area contributed by atoms with Crippen molar-refractivity contribution in [2.75, 3.05) is 6.26 Å². The summed E-state index contributed by atoms with van der Waals surface area (Å²) in [6.07, 6.45) is 5.81. The van der Waals surface area contributed by atoms with Crippen molar-refractivity contribution in [2.45, 2.75) is 47.0 Å². The van der Waals surface area contributed by atoms with Crippen molar-refractivity contribution in [3.63, 3.8) is 0 Å². The summed E-state index contributed by atoms with van der Waals surface area (Å²) in [5.74, 6) is 0.564. The molecule has 0 fully saturated rings. The van der Waals surface area contributed by atoms with Crippen molar-refractivity contribution >= 4 is 22.7 Å². The molecular formula is C14H24O2S. The van der Waals surface area contributed by atoms with Crippen LogP contribution in [0.2, 0.25) is 0 Å². The Kier molecular flexibility index (Phi) is 8.23. The molecule has 98 valence electrons. The number of ketones is 1. The van der Waals surface area contributed by atoms with Crippen LogP contribution in [0.4, 0.5) is 0 Å². The van der Waals surface area contributed by atoms with Gasteiger partial charge in [-0.3, -0.25) is 9.59 Å². The van der Waals surface area contributed by atoms with E-state index in [-0.39, 0.29) is 23.2 Å². The Morgan fingerprint density at radius 3 is 2.35 bits per heavy atom. The molecule has 3 heteroatoms. The van der Waals surface area contributed by atoms with Gasteiger partial charge in [0.25, 0.3) is 0 Å². The molecule has 0 aliphatic heterocycles. The summed E-state index contributed by atoms with van der Waals surface area (Å²) < 4.78 is 0. The maximum absolute atomic E-state index is 11.8. The summed E-state index contributed by atoms with van der Waals surface area (Å²) in [6, 6.07) is 0. The third-order valence-corrected chi connectivity index (χ3v) is 3.61. The Balaban J connectivity index is 4.11. The van der Waals surface area contributed by atoms with Crippen LogP contribution >= 0.6 is 11.8 Å². The monoisotopic (exact) mass is 256 g/mol. The van der Waals surface area contributed by atoms with Gasteiger partial charge in [-0.2, -0.15) is 0 Å². The number of thioether (sulfide) groups is 1. The number of Topliss-reactive ketones (excluding diaryl/α,β-unsaturated/α-hetero) is 1. The second-order valence-electron chi connectivity index (χ2n) is 4.80. The molecule has 0 N–H and O–H groups in total. The van der Waals surface area contributed by atoms with Crippen LogP contribution in [-0.4, -0.2) is 17.2 Å². The fraction of sp³-hybridized carbons (Fsp3) is 0.714. The van der Waals surface area contributed by atoms with Crippen molar-refractivity contribution < 1.29 is 9.59 Å². The molecule has 0 saturated heterocycles. The Morgan fingerprint density at radius 1 is 1.29 bits per heavy atom. The van der Waals surface area contributed by atoms with Crippen molar-refractivity contribution in [1.29, 1.82) is 0 Å². The van der Waals surface area contributed by atoms with Crippen molar-refractivity contribution in [3.05, 3.63) is 11.6 Å². The molecule has 0 spiro atoms. The highest BCUT2D eigenvalue weighted by atomic mass is 32.2. The van der Waals surface area contributed by atoms with Gasteiger partial charge in [-0.15, -0.1) is 0 Å². The summed E-state index contributed by atoms with van der Waals surface area (Å²) in [6.45, 7) is 8.23. The molecule has 0 heterocycles. The minimum absolute atomic E-state index is 0.00856. The van der Waals surface area contributed by atoms with E-state index in [1.165, 1.54) is 5.57 Å². The minimum atomic E-state index is -0.0286. The van der Waals surface area contributed by atoms with Gasteiger partial charge in [-0.25, -0.2) is 0 Å². The molecule has 0 aliphatic carbocycles. The van der Waals surface area contributed by atoms with Gasteiger partial charge in [0.05, 0.1) is 6.42 Å². The third kappa shape index (κ3) is 7.37. The lowest BCUT2D eigenvalue weighted by molar-refractivity contribution is -0.126. The number of hydrogen-bond donors (Lipinski definition) is 0. The number of rotatable bonds is 7. The van der Waals surface area contributed by atoms with E-state index in [9.17, 15) is 9.59 Å². The van der Waals surface area contributed by atoms with E-state index in [2.05, 4.69) is 19.9 Å². The van der Waals surface area contributed by atoms with Crippen LogP contribution in [0.25, 0.3) is 0 Å². The Labute approximate surface area is 109 Å². The lowest BCUT2D eigenvalue weighted by Crippen LogP contribution is -2.17. The lowest BCUT2D eigenvalue weighted by Gasteiger charge is -2.16. The predicted molar refractivity (Wildman–Crippen MR) is 75.1 cm³/mol. The number of carbonyl (C=O) groups excluding carboxylic acids is 2. The van der Waals surface area contributed by atoms with E-state index in [1.54, 1.807) is 6.26 Å². The number of carbonyl (C=O) groups is 2. The largest absolute Gasteiger partial charge is 0.299 e. The van der Waals surface area contributed by atoms with Gasteiger partial charge in [0.2, 0.25) is 0 Å². The third-order valence-electron chi connectivity index (χ3n) is 3.02. The van der Waals surface area contributed by atoms with E-state index in [4.69, 9.17) is 0 Å². The smallest absolute Gasteiger partial charge is 0.196 e. The van der Waals surface area contributed by atoms with E-state index >= 15 is 0 Å². The predicted octanol–water partition coefficient (Wildman–Crippen LogP) is 3.85. The molecule has 17 heavy (non-hydrogen) atoms. The number of hydrogen-bond acceptors (Lipinski definition) is 3. The fourth-order valence-electron chi connectivity index (χ4n) is 1.87. The molecule has 0 aliphatic rings. The maximum atomic E-state index is 11.8. The second-order valence-corrected chi connectivity index (χ2v) is 5.66. The van der Waals surface area contributed by atoms with Crippen LogP contribution < -0.4 is 0 Å². The molecule has 2 atom stereocenters. The molecule has 0 aromatic heterocycles. The SMILES string of the molecule is C/C=C(\C)C[C@H](C)C[C@H](C)C(=O)CC(=O)SC. The van der Waals surface area contributed by atoms with Crippen LogP contribution in [-0.2, 0) is 9.59 Å². The molecule has 0 saturated carbocycles. The maximum Gasteiger partial charge on any atom is 0.196 e. The zero-order valence-corrected chi connectivity index (χ0v) is 12.4. The van der Waals surface area contributed by atoms with Gasteiger partial charge in [-0.05, 0) is 38.9 Å². The standard InChI is InChI=1S/C14H24O2S/c1-6-10(2)7-11(3)8-12(4)13(15)9-14(16)17-5/h6,11-12H,7-9H2,1-5H3/b10-6+/t11-,12-/m0/s1. The summed E-state index contributed by atoms with van der Waals surface area (Å²) in [5.41, 5.74) is 1.36. The Bertz CT molecular complexity index is 295. The molecule has 0 rings (SSSR count). The first-order valence-electron chi connectivity index (χ1n) is 6.12. The topological polar surface area (TPSA) is 34.1 Å². The van der Waals surface area contributed by atoms with Gasteiger partial charge in [0.1, 0.15) is 5.78 Å². The molecule has 0 radical (unpaired) electrons. The first-order valence-corrected chi connectivity index (χ1v) is 7.34. The molecule has 0 aromatic rings. The summed E-state index contributed by atoms with van der Waals surface area (Å²) in [5, 5.41) is -0.0286. The molecule has 0 aromatic carbocycles. The fourth-order valence-corrected chi connectivity index (χ4v) is 2.16. The average molecular weight is 256 g/mol. The normalized spacial score (nSPS) is 15.5. The first kappa shape index (κ1) is 16.4. The van der Waals surface area contributed by atoms with Crippen molar-refractivity contribution in [3.8, 4) is 0 Å². The van der Waals surface area contributed by atoms with Gasteiger partial charge in [0.15, 0.2) is 5.12 Å². The molecule has 0 unspecified atom stereocenters. The highest BCUT2D eigenvalue weighted by Crippen LogP contribution is 2.21. The van der Waals surface area contributed by atoms with Gasteiger partial charge < -0.3 is 0 Å². The summed E-state index contributed by atoms with van der Waals surface area (Å²) >= 11 is 1.13. The second kappa shape index (κ2) is 8.51. The minimum Gasteiger partial charge on any atom is -0.299 e. The summed E-state index contributed by atoms with van der Waals surface area (Å²) in [7, 11) is 0. The van der Waals surface area contributed by atoms with Crippen LogP contribution in [0.15, 0.2) is 11.6 Å². The van der Waals surface area contributed by atoms with Crippen LogP contribution in [0.1, 0.15) is 47.0 Å². The van der Waals surface area contributed by atoms with Gasteiger partial charge >= 0.3 is 0 Å². The Hall–Kier alpha value is -0.570. The molecule has 0 bridgehead atoms. The van der Waals surface area contributed by atoms with E-state index in [0.717, 1.165) is 24.6 Å². The number of allylic oxidation sites excluding steroid dienone is 2. The highest BCUT2D eigenvalue weighted by molar-refractivity contribution is 8.13. The van der Waals surface area contributed by atoms with Gasteiger partial charge in [0, 0.05) is 5.92 Å². The molecule has 0 amide bonds. The quantitative estimate of drug-likeness (QED) is 0.512. The van der Waals surface area contributed by atoms with E-state index in [0.29, 0.717) is 5.92 Å². The van der Waals surface area contributed by atoms with Crippen LogP contribution in [0, 0.1) is 11.8 Å².